The molecular weight excluding hydrogens is 566 g/mol. The first-order chi connectivity index (χ1) is 19.2. The molecule has 0 spiro atoms. The summed E-state index contributed by atoms with van der Waals surface area (Å²) in [6, 6.07) is 11.2. The largest absolute Gasteiger partial charge is 0.462 e. The molecule has 0 N–H and O–H groups in total. The van der Waals surface area contributed by atoms with Gasteiger partial charge in [-0.15, -0.1) is 0 Å². The molecule has 1 unspecified atom stereocenters. The van der Waals surface area contributed by atoms with Crippen molar-refractivity contribution in [2.45, 2.75) is 24.4 Å². The van der Waals surface area contributed by atoms with Gasteiger partial charge in [0, 0.05) is 18.5 Å². The molecule has 13 heteroatoms. The van der Waals surface area contributed by atoms with Gasteiger partial charge in [0.25, 0.3) is 5.91 Å². The predicted molar refractivity (Wildman–Crippen MR) is 128 cm³/mol. The Morgan fingerprint density at radius 2 is 1.46 bits per heavy atom. The number of alkyl halides is 6. The predicted octanol–water partition coefficient (Wildman–Crippen LogP) is 6.62. The Morgan fingerprint density at radius 1 is 0.829 bits per heavy atom. The fourth-order valence-electron chi connectivity index (χ4n) is 4.43. The van der Waals surface area contributed by atoms with Crippen LogP contribution in [0.3, 0.4) is 0 Å². The molecule has 3 aromatic rings. The minimum Gasteiger partial charge on any atom is -0.462 e. The third-order valence-electron chi connectivity index (χ3n) is 6.50. The van der Waals surface area contributed by atoms with Crippen LogP contribution in [0, 0.1) is 11.6 Å². The molecule has 1 heterocycles. The molecule has 5 nitrogen and oxygen atoms in total. The fraction of sp³-hybridized carbons (Fsp3) is 0.286. The molecule has 41 heavy (non-hydrogen) atoms. The molecule has 0 aromatic heterocycles. The van der Waals surface area contributed by atoms with E-state index in [0.29, 0.717) is 12.1 Å². The SMILES string of the molecule is O=C(OCCC1(c2ccc(F)c(F)c2)CN(C(=O)c2cc(C(F)(F)F)cc(C(F)(F)F)c2)CCO1)c1ccccc1. The third kappa shape index (κ3) is 6.84. The second-order valence-electron chi connectivity index (χ2n) is 9.24. The van der Waals surface area contributed by atoms with Gasteiger partial charge in [-0.2, -0.15) is 26.3 Å². The molecule has 1 amide bonds. The van der Waals surface area contributed by atoms with Gasteiger partial charge in [0.1, 0.15) is 5.60 Å². The maximum Gasteiger partial charge on any atom is 0.416 e. The van der Waals surface area contributed by atoms with E-state index in [9.17, 15) is 44.7 Å². The van der Waals surface area contributed by atoms with E-state index < -0.39 is 64.7 Å². The van der Waals surface area contributed by atoms with E-state index in [2.05, 4.69) is 0 Å². The number of nitrogens with zero attached hydrogens (tertiary/aromatic N) is 1. The number of carbonyl (C=O) groups excluding carboxylic acids is 2. The van der Waals surface area contributed by atoms with Crippen LogP contribution in [-0.2, 0) is 27.4 Å². The van der Waals surface area contributed by atoms with Crippen LogP contribution in [-0.4, -0.2) is 43.1 Å². The lowest BCUT2D eigenvalue weighted by Gasteiger charge is -2.43. The van der Waals surface area contributed by atoms with Crippen molar-refractivity contribution in [2.75, 3.05) is 26.3 Å². The zero-order valence-corrected chi connectivity index (χ0v) is 21.0. The maximum absolute atomic E-state index is 14.2. The van der Waals surface area contributed by atoms with Gasteiger partial charge in [-0.3, -0.25) is 4.79 Å². The monoisotopic (exact) mass is 587 g/mol. The zero-order chi connectivity index (χ0) is 30.0. The van der Waals surface area contributed by atoms with E-state index in [-0.39, 0.29) is 43.4 Å². The van der Waals surface area contributed by atoms with Crippen LogP contribution in [0.15, 0.2) is 66.7 Å². The van der Waals surface area contributed by atoms with Crippen LogP contribution in [0.25, 0.3) is 0 Å². The number of hydrogen-bond donors (Lipinski definition) is 0. The number of rotatable bonds is 6. The van der Waals surface area contributed by atoms with Crippen molar-refractivity contribution in [3.05, 3.63) is 106 Å². The van der Waals surface area contributed by atoms with Gasteiger partial charge in [-0.05, 0) is 48.0 Å². The lowest BCUT2D eigenvalue weighted by atomic mass is 9.88. The van der Waals surface area contributed by atoms with Crippen LogP contribution in [0.5, 0.6) is 0 Å². The Balaban J connectivity index is 1.65. The smallest absolute Gasteiger partial charge is 0.416 e. The lowest BCUT2D eigenvalue weighted by molar-refractivity contribution is -0.143. The Bertz CT molecular complexity index is 1390. The Hall–Kier alpha value is -4.00. The van der Waals surface area contributed by atoms with Crippen molar-refractivity contribution in [2.24, 2.45) is 0 Å². The summed E-state index contributed by atoms with van der Waals surface area (Å²) in [5, 5.41) is 0. The molecule has 3 aromatic carbocycles. The number of benzene rings is 3. The molecule has 218 valence electrons. The number of amides is 1. The van der Waals surface area contributed by atoms with Crippen LogP contribution >= 0.6 is 0 Å². The summed E-state index contributed by atoms with van der Waals surface area (Å²) in [5.41, 5.74) is -5.60. The van der Waals surface area contributed by atoms with Gasteiger partial charge in [0.15, 0.2) is 11.6 Å². The van der Waals surface area contributed by atoms with E-state index in [1.165, 1.54) is 12.1 Å². The van der Waals surface area contributed by atoms with Crippen molar-refractivity contribution < 1.29 is 54.2 Å². The number of morpholine rings is 1. The molecule has 1 atom stereocenters. The Kier molecular flexibility index (Phi) is 8.39. The highest BCUT2D eigenvalue weighted by molar-refractivity contribution is 5.95. The average Bonchev–Trinajstić information content (AvgIpc) is 2.93. The highest BCUT2D eigenvalue weighted by Gasteiger charge is 2.42. The highest BCUT2D eigenvalue weighted by Crippen LogP contribution is 2.38. The van der Waals surface area contributed by atoms with Crippen molar-refractivity contribution in [1.82, 2.24) is 4.90 Å². The maximum atomic E-state index is 14.2. The topological polar surface area (TPSA) is 55.8 Å². The van der Waals surface area contributed by atoms with Crippen LogP contribution in [0.1, 0.15) is 43.8 Å². The van der Waals surface area contributed by atoms with Crippen molar-refractivity contribution >= 4 is 11.9 Å². The summed E-state index contributed by atoms with van der Waals surface area (Å²) < 4.78 is 119. The summed E-state index contributed by atoms with van der Waals surface area (Å²) in [6.45, 7) is -1.30. The molecule has 1 aliphatic heterocycles. The normalized spacial score (nSPS) is 17.8. The molecule has 0 saturated carbocycles. The average molecular weight is 587 g/mol. The first-order valence-electron chi connectivity index (χ1n) is 12.1. The van der Waals surface area contributed by atoms with Crippen molar-refractivity contribution in [3.63, 3.8) is 0 Å². The van der Waals surface area contributed by atoms with E-state index in [0.717, 1.165) is 23.1 Å². The first-order valence-corrected chi connectivity index (χ1v) is 12.1. The third-order valence-corrected chi connectivity index (χ3v) is 6.50. The van der Waals surface area contributed by atoms with Crippen LogP contribution in [0.2, 0.25) is 0 Å². The van der Waals surface area contributed by atoms with E-state index in [1.807, 2.05) is 0 Å². The summed E-state index contributed by atoms with van der Waals surface area (Å²) in [6.07, 6.45) is -10.5. The van der Waals surface area contributed by atoms with E-state index in [4.69, 9.17) is 9.47 Å². The Labute approximate surface area is 228 Å². The molecule has 4 rings (SSSR count). The van der Waals surface area contributed by atoms with Crippen molar-refractivity contribution in [1.29, 1.82) is 0 Å². The minimum atomic E-state index is -5.17. The van der Waals surface area contributed by atoms with Crippen LogP contribution in [0.4, 0.5) is 35.1 Å². The van der Waals surface area contributed by atoms with Gasteiger partial charge in [0.2, 0.25) is 0 Å². The summed E-state index contributed by atoms with van der Waals surface area (Å²) >= 11 is 0. The molecule has 0 aliphatic carbocycles. The number of hydrogen-bond acceptors (Lipinski definition) is 4. The summed E-state index contributed by atoms with van der Waals surface area (Å²) in [7, 11) is 0. The Morgan fingerprint density at radius 3 is 2.05 bits per heavy atom. The summed E-state index contributed by atoms with van der Waals surface area (Å²) in [5.74, 6) is -4.33. The van der Waals surface area contributed by atoms with Crippen LogP contribution < -0.4 is 0 Å². The first kappa shape index (κ1) is 30.0. The minimum absolute atomic E-state index is 0.0182. The lowest BCUT2D eigenvalue weighted by Crippen LogP contribution is -2.52. The molecule has 0 radical (unpaired) electrons. The van der Waals surface area contributed by atoms with Crippen molar-refractivity contribution in [3.8, 4) is 0 Å². The molecular formula is C28H21F8NO4. The molecule has 1 aliphatic rings. The quantitative estimate of drug-likeness (QED) is 0.241. The van der Waals surface area contributed by atoms with E-state index in [1.54, 1.807) is 18.2 Å². The zero-order valence-electron chi connectivity index (χ0n) is 21.0. The van der Waals surface area contributed by atoms with Gasteiger partial charge in [-0.1, -0.05) is 24.3 Å². The number of esters is 1. The summed E-state index contributed by atoms with van der Waals surface area (Å²) in [4.78, 5) is 26.6. The molecule has 0 bridgehead atoms. The molecule has 1 fully saturated rings. The standard InChI is InChI=1S/C28H21F8NO4/c29-22-7-6-19(15-23(22)30)26(8-10-40-25(39)17-4-2-1-3-5-17)16-37(9-11-41-26)24(38)18-12-20(27(31,32)33)14-21(13-18)28(34,35)36/h1-7,12-15H,8-11,16H2. The van der Waals surface area contributed by atoms with E-state index >= 15 is 0 Å². The fourth-order valence-corrected chi connectivity index (χ4v) is 4.43. The van der Waals surface area contributed by atoms with Gasteiger partial charge in [-0.25, -0.2) is 13.6 Å². The van der Waals surface area contributed by atoms with Gasteiger partial charge < -0.3 is 14.4 Å². The van der Waals surface area contributed by atoms with Gasteiger partial charge >= 0.3 is 18.3 Å². The molecule has 1 saturated heterocycles. The second-order valence-corrected chi connectivity index (χ2v) is 9.24. The number of carbonyl (C=O) groups is 2. The number of halogens is 8. The highest BCUT2D eigenvalue weighted by atomic mass is 19.4. The number of ether oxygens (including phenoxy) is 2. The second kappa shape index (κ2) is 11.5. The van der Waals surface area contributed by atoms with Gasteiger partial charge in [0.05, 0.1) is 36.4 Å².